The van der Waals surface area contributed by atoms with Gasteiger partial charge in [0, 0.05) is 17.6 Å². The maximum atomic E-state index is 4.18. The molecule has 1 heterocycles. The Kier molecular flexibility index (Phi) is 3.91. The van der Waals surface area contributed by atoms with Crippen LogP contribution in [0.1, 0.15) is 24.4 Å². The Morgan fingerprint density at radius 2 is 2.18 bits per heavy atom. The molecule has 1 aromatic heterocycles. The van der Waals surface area contributed by atoms with Gasteiger partial charge in [0.05, 0.1) is 6.54 Å². The highest BCUT2D eigenvalue weighted by Gasteiger charge is 2.09. The largest absolute Gasteiger partial charge is 0.303 e. The highest BCUT2D eigenvalue weighted by Crippen LogP contribution is 2.22. The van der Waals surface area contributed by atoms with Crippen LogP contribution in [0.3, 0.4) is 0 Å². The number of hydrogen-bond acceptors (Lipinski definition) is 3. The van der Waals surface area contributed by atoms with Crippen LogP contribution in [0.5, 0.6) is 0 Å². The van der Waals surface area contributed by atoms with E-state index in [9.17, 15) is 0 Å². The van der Waals surface area contributed by atoms with Crippen molar-refractivity contribution >= 4 is 15.9 Å². The molecule has 2 aromatic rings. The second-order valence-corrected chi connectivity index (χ2v) is 4.78. The van der Waals surface area contributed by atoms with Crippen LogP contribution in [0.2, 0.25) is 0 Å². The number of aromatic nitrogens is 3. The molecular formula is C12H15BrN4. The fraction of sp³-hybridized carbons (Fsp3) is 0.333. The van der Waals surface area contributed by atoms with Crippen molar-refractivity contribution < 1.29 is 0 Å². The fourth-order valence-corrected chi connectivity index (χ4v) is 2.29. The fourth-order valence-electron chi connectivity index (χ4n) is 1.66. The quantitative estimate of drug-likeness (QED) is 0.942. The lowest BCUT2D eigenvalue weighted by Gasteiger charge is -2.15. The predicted molar refractivity (Wildman–Crippen MR) is 70.4 cm³/mol. The minimum atomic E-state index is 0.266. The normalized spacial score (nSPS) is 12.6. The lowest BCUT2D eigenvalue weighted by molar-refractivity contribution is 0.539. The maximum absolute atomic E-state index is 4.18. The molecule has 0 saturated heterocycles. The van der Waals surface area contributed by atoms with Gasteiger partial charge >= 0.3 is 0 Å². The Balaban J connectivity index is 2.01. The van der Waals surface area contributed by atoms with E-state index in [-0.39, 0.29) is 6.04 Å². The Morgan fingerprint density at radius 1 is 1.41 bits per heavy atom. The molecule has 0 spiro atoms. The smallest absolute Gasteiger partial charge is 0.140 e. The summed E-state index contributed by atoms with van der Waals surface area (Å²) in [4.78, 5) is 4.18. The van der Waals surface area contributed by atoms with Crippen molar-refractivity contribution in [2.75, 3.05) is 0 Å². The average molecular weight is 295 g/mol. The number of nitrogens with zero attached hydrogens (tertiary/aromatic N) is 3. The van der Waals surface area contributed by atoms with E-state index in [4.69, 9.17) is 0 Å². The van der Waals surface area contributed by atoms with Crippen LogP contribution in [-0.4, -0.2) is 14.8 Å². The third kappa shape index (κ3) is 2.92. The van der Waals surface area contributed by atoms with E-state index in [0.717, 1.165) is 10.3 Å². The molecule has 0 bridgehead atoms. The van der Waals surface area contributed by atoms with Crippen LogP contribution in [0.4, 0.5) is 0 Å². The van der Waals surface area contributed by atoms with Gasteiger partial charge in [-0.25, -0.2) is 4.98 Å². The second-order valence-electron chi connectivity index (χ2n) is 3.92. The maximum Gasteiger partial charge on any atom is 0.140 e. The van der Waals surface area contributed by atoms with Gasteiger partial charge < -0.3 is 5.32 Å². The van der Waals surface area contributed by atoms with Crippen molar-refractivity contribution in [1.82, 2.24) is 20.1 Å². The second kappa shape index (κ2) is 5.42. The molecule has 17 heavy (non-hydrogen) atoms. The van der Waals surface area contributed by atoms with Gasteiger partial charge in [-0.05, 0) is 18.6 Å². The van der Waals surface area contributed by atoms with Gasteiger partial charge in [-0.2, -0.15) is 5.10 Å². The van der Waals surface area contributed by atoms with E-state index in [0.29, 0.717) is 6.54 Å². The van der Waals surface area contributed by atoms with E-state index in [1.54, 1.807) is 11.0 Å². The van der Waals surface area contributed by atoms with Crippen molar-refractivity contribution in [2.45, 2.75) is 19.5 Å². The summed E-state index contributed by atoms with van der Waals surface area (Å²) < 4.78 is 2.90. The van der Waals surface area contributed by atoms with Gasteiger partial charge in [0.2, 0.25) is 0 Å². The first-order valence-corrected chi connectivity index (χ1v) is 6.28. The van der Waals surface area contributed by atoms with E-state index in [1.807, 2.05) is 19.2 Å². The van der Waals surface area contributed by atoms with Gasteiger partial charge in [0.15, 0.2) is 0 Å². The third-order valence-electron chi connectivity index (χ3n) is 2.74. The minimum absolute atomic E-state index is 0.266. The Hall–Kier alpha value is -1.20. The monoisotopic (exact) mass is 294 g/mol. The molecule has 1 N–H and O–H groups in total. The van der Waals surface area contributed by atoms with Crippen LogP contribution < -0.4 is 5.32 Å². The molecule has 0 amide bonds. The SMILES string of the molecule is C[C@@H](NCc1ncnn1C)c1ccccc1Br. The standard InChI is InChI=1S/C12H15BrN4/c1-9(10-5-3-4-6-11(10)13)14-7-12-15-8-16-17(12)2/h3-6,8-9,14H,7H2,1-2H3/t9-/m1/s1. The molecule has 0 aliphatic carbocycles. The van der Waals surface area contributed by atoms with Crippen molar-refractivity contribution in [3.8, 4) is 0 Å². The van der Waals surface area contributed by atoms with Gasteiger partial charge in [-0.1, -0.05) is 34.1 Å². The first-order chi connectivity index (χ1) is 8.18. The van der Waals surface area contributed by atoms with Crippen molar-refractivity contribution in [3.63, 3.8) is 0 Å². The minimum Gasteiger partial charge on any atom is -0.303 e. The molecule has 0 fully saturated rings. The average Bonchev–Trinajstić information content (AvgIpc) is 2.72. The molecule has 1 aromatic carbocycles. The molecule has 0 aliphatic heterocycles. The Morgan fingerprint density at radius 3 is 2.82 bits per heavy atom. The van der Waals surface area contributed by atoms with Gasteiger partial charge in [-0.15, -0.1) is 0 Å². The van der Waals surface area contributed by atoms with Crippen LogP contribution in [0.15, 0.2) is 35.1 Å². The van der Waals surface area contributed by atoms with Gasteiger partial charge in [-0.3, -0.25) is 4.68 Å². The summed E-state index contributed by atoms with van der Waals surface area (Å²) in [5, 5.41) is 7.47. The lowest BCUT2D eigenvalue weighted by Crippen LogP contribution is -2.20. The molecule has 4 nitrogen and oxygen atoms in total. The summed E-state index contributed by atoms with van der Waals surface area (Å²) in [7, 11) is 1.90. The van der Waals surface area contributed by atoms with Crippen molar-refractivity contribution in [3.05, 3.63) is 46.5 Å². The topological polar surface area (TPSA) is 42.7 Å². The Labute approximate surface area is 109 Å². The predicted octanol–water partition coefficient (Wildman–Crippen LogP) is 2.43. The summed E-state index contributed by atoms with van der Waals surface area (Å²) in [5.74, 6) is 0.934. The number of nitrogens with one attached hydrogen (secondary N) is 1. The molecule has 5 heteroatoms. The first-order valence-electron chi connectivity index (χ1n) is 5.49. The number of rotatable bonds is 4. The van der Waals surface area contributed by atoms with Crippen LogP contribution in [-0.2, 0) is 13.6 Å². The van der Waals surface area contributed by atoms with E-state index in [2.05, 4.69) is 50.4 Å². The zero-order valence-corrected chi connectivity index (χ0v) is 11.5. The molecular weight excluding hydrogens is 280 g/mol. The zero-order valence-electron chi connectivity index (χ0n) is 9.89. The summed E-state index contributed by atoms with van der Waals surface area (Å²) in [6, 6.07) is 8.49. The number of hydrogen-bond donors (Lipinski definition) is 1. The van der Waals surface area contributed by atoms with Crippen molar-refractivity contribution in [2.24, 2.45) is 7.05 Å². The molecule has 0 radical (unpaired) electrons. The van der Waals surface area contributed by atoms with Gasteiger partial charge in [0.25, 0.3) is 0 Å². The van der Waals surface area contributed by atoms with Gasteiger partial charge in [0.1, 0.15) is 12.2 Å². The molecule has 1 atom stereocenters. The molecule has 2 rings (SSSR count). The van der Waals surface area contributed by atoms with E-state index >= 15 is 0 Å². The zero-order chi connectivity index (χ0) is 12.3. The van der Waals surface area contributed by atoms with E-state index in [1.165, 1.54) is 5.56 Å². The van der Waals surface area contributed by atoms with Crippen LogP contribution in [0.25, 0.3) is 0 Å². The number of aryl methyl sites for hydroxylation is 1. The summed E-state index contributed by atoms with van der Waals surface area (Å²) in [6.07, 6.45) is 1.57. The van der Waals surface area contributed by atoms with Crippen LogP contribution in [0, 0.1) is 0 Å². The molecule has 90 valence electrons. The number of halogens is 1. The van der Waals surface area contributed by atoms with E-state index < -0.39 is 0 Å². The molecule has 0 unspecified atom stereocenters. The Bertz CT molecular complexity index is 495. The molecule has 0 aliphatic rings. The lowest BCUT2D eigenvalue weighted by atomic mass is 10.1. The van der Waals surface area contributed by atoms with Crippen molar-refractivity contribution in [1.29, 1.82) is 0 Å². The van der Waals surface area contributed by atoms with Crippen LogP contribution >= 0.6 is 15.9 Å². The summed E-state index contributed by atoms with van der Waals surface area (Å²) in [5.41, 5.74) is 1.25. The highest BCUT2D eigenvalue weighted by molar-refractivity contribution is 9.10. The summed E-state index contributed by atoms with van der Waals surface area (Å²) in [6.45, 7) is 2.84. The summed E-state index contributed by atoms with van der Waals surface area (Å²) >= 11 is 3.56. The highest BCUT2D eigenvalue weighted by atomic mass is 79.9. The first kappa shape index (κ1) is 12.3. The third-order valence-corrected chi connectivity index (χ3v) is 3.47. The number of benzene rings is 1. The molecule has 0 saturated carbocycles.